The quantitative estimate of drug-likeness (QED) is 0.338. The third kappa shape index (κ3) is 4.22. The van der Waals surface area contributed by atoms with Crippen LogP contribution in [0.1, 0.15) is 33.4 Å². The Balaban J connectivity index is 1.98. The molecule has 176 valence electrons. The van der Waals surface area contributed by atoms with Crippen molar-refractivity contribution in [2.24, 2.45) is 0 Å². The molecule has 0 aliphatic carbocycles. The lowest BCUT2D eigenvalue weighted by Crippen LogP contribution is -2.08. The summed E-state index contributed by atoms with van der Waals surface area (Å²) in [4.78, 5) is 17.7. The zero-order chi connectivity index (χ0) is 24.4. The van der Waals surface area contributed by atoms with Gasteiger partial charge in [-0.25, -0.2) is 14.5 Å². The van der Waals surface area contributed by atoms with E-state index in [1.807, 2.05) is 49.7 Å². The fourth-order valence-corrected chi connectivity index (χ4v) is 4.72. The van der Waals surface area contributed by atoms with Crippen molar-refractivity contribution in [3.8, 4) is 27.9 Å². The molecule has 0 saturated carbocycles. The number of rotatable bonds is 8. The Bertz CT molecular complexity index is 1360. The molecule has 9 heteroatoms. The molecule has 0 saturated heterocycles. The third-order valence-electron chi connectivity index (χ3n) is 5.51. The van der Waals surface area contributed by atoms with Gasteiger partial charge in [0.2, 0.25) is 5.88 Å². The summed E-state index contributed by atoms with van der Waals surface area (Å²) in [5.41, 5.74) is 4.09. The van der Waals surface area contributed by atoms with Crippen molar-refractivity contribution in [3.05, 3.63) is 64.2 Å². The van der Waals surface area contributed by atoms with Gasteiger partial charge in [-0.3, -0.25) is 0 Å². The largest absolute Gasteiger partial charge is 0.497 e. The van der Waals surface area contributed by atoms with Crippen molar-refractivity contribution in [2.45, 2.75) is 27.2 Å². The zero-order valence-electron chi connectivity index (χ0n) is 19.7. The summed E-state index contributed by atoms with van der Waals surface area (Å²) in [6.07, 6.45) is 0.665. The maximum absolute atomic E-state index is 12.0. The fraction of sp³-hybridized carbons (Fsp3) is 0.240. The highest BCUT2D eigenvalue weighted by molar-refractivity contribution is 7.15. The number of carbonyl (C=O) groups is 1. The molecular formula is C25H26N4O4S. The Morgan fingerprint density at radius 1 is 1.15 bits per heavy atom. The van der Waals surface area contributed by atoms with Crippen molar-refractivity contribution in [1.82, 2.24) is 14.8 Å². The molecule has 0 aliphatic heterocycles. The number of aromatic carboxylic acids is 1. The van der Waals surface area contributed by atoms with Gasteiger partial charge in [0.05, 0.1) is 47.3 Å². The summed E-state index contributed by atoms with van der Waals surface area (Å²) >= 11 is 1.51. The van der Waals surface area contributed by atoms with E-state index in [1.54, 1.807) is 19.2 Å². The highest BCUT2D eigenvalue weighted by atomic mass is 32.1. The first kappa shape index (κ1) is 23.3. The van der Waals surface area contributed by atoms with E-state index in [1.165, 1.54) is 24.5 Å². The fourth-order valence-electron chi connectivity index (χ4n) is 3.77. The second-order valence-corrected chi connectivity index (χ2v) is 8.85. The number of aromatic nitrogens is 3. The molecule has 34 heavy (non-hydrogen) atoms. The van der Waals surface area contributed by atoms with Crippen LogP contribution in [0.25, 0.3) is 16.3 Å². The first-order valence-electron chi connectivity index (χ1n) is 10.8. The van der Waals surface area contributed by atoms with Gasteiger partial charge in [-0.05, 0) is 50.1 Å². The van der Waals surface area contributed by atoms with Gasteiger partial charge in [0.1, 0.15) is 16.6 Å². The van der Waals surface area contributed by atoms with Crippen molar-refractivity contribution < 1.29 is 19.4 Å². The standard InChI is InChI=1S/C25H26N4O4S/c1-6-18-21(24-27-23(33-5)15(3)34-24)22(29(28-18)20-10-8-7-9-14(20)2)26-19-12-11-16(32-4)13-17(19)25(30)31/h7-13,26H,6H2,1-5H3,(H,30,31). The lowest BCUT2D eigenvalue weighted by Gasteiger charge is -2.15. The summed E-state index contributed by atoms with van der Waals surface area (Å²) in [6.45, 7) is 6.00. The molecular weight excluding hydrogens is 452 g/mol. The second-order valence-electron chi connectivity index (χ2n) is 7.65. The van der Waals surface area contributed by atoms with Gasteiger partial charge >= 0.3 is 5.97 Å². The molecule has 8 nitrogen and oxygen atoms in total. The number of hydrogen-bond donors (Lipinski definition) is 2. The van der Waals surface area contributed by atoms with E-state index >= 15 is 0 Å². The highest BCUT2D eigenvalue weighted by Crippen LogP contribution is 2.41. The first-order chi connectivity index (χ1) is 16.4. The number of methoxy groups -OCH3 is 2. The normalized spacial score (nSPS) is 10.9. The molecule has 0 bridgehead atoms. The van der Waals surface area contributed by atoms with E-state index in [2.05, 4.69) is 5.32 Å². The minimum atomic E-state index is -1.06. The van der Waals surface area contributed by atoms with E-state index in [0.717, 1.165) is 32.4 Å². The number of benzene rings is 2. The number of aryl methyl sites for hydroxylation is 3. The van der Waals surface area contributed by atoms with E-state index < -0.39 is 5.97 Å². The van der Waals surface area contributed by atoms with Crippen LogP contribution >= 0.6 is 11.3 Å². The molecule has 2 N–H and O–H groups in total. The number of hydrogen-bond acceptors (Lipinski definition) is 7. The molecule has 2 aromatic heterocycles. The lowest BCUT2D eigenvalue weighted by molar-refractivity contribution is 0.0697. The molecule has 0 amide bonds. The summed E-state index contributed by atoms with van der Waals surface area (Å²) in [5.74, 6) is 0.597. The van der Waals surface area contributed by atoms with Crippen LogP contribution in [0.4, 0.5) is 11.5 Å². The van der Waals surface area contributed by atoms with Crippen LogP contribution < -0.4 is 14.8 Å². The molecule has 0 radical (unpaired) electrons. The predicted molar refractivity (Wildman–Crippen MR) is 133 cm³/mol. The first-order valence-corrected chi connectivity index (χ1v) is 11.6. The van der Waals surface area contributed by atoms with E-state index in [9.17, 15) is 9.90 Å². The van der Waals surface area contributed by atoms with Crippen LogP contribution in [0, 0.1) is 13.8 Å². The molecule has 0 aliphatic rings. The van der Waals surface area contributed by atoms with Crippen LogP contribution in [0.3, 0.4) is 0 Å². The third-order valence-corrected chi connectivity index (χ3v) is 6.48. The topological polar surface area (TPSA) is 98.5 Å². The van der Waals surface area contributed by atoms with Crippen molar-refractivity contribution in [3.63, 3.8) is 0 Å². The monoisotopic (exact) mass is 478 g/mol. The van der Waals surface area contributed by atoms with Crippen molar-refractivity contribution in [2.75, 3.05) is 19.5 Å². The van der Waals surface area contributed by atoms with Crippen molar-refractivity contribution in [1.29, 1.82) is 0 Å². The van der Waals surface area contributed by atoms with Gasteiger partial charge in [0, 0.05) is 0 Å². The number of anilines is 2. The van der Waals surface area contributed by atoms with Crippen LogP contribution in [-0.2, 0) is 6.42 Å². The SMILES string of the molecule is CCc1nn(-c2ccccc2C)c(Nc2ccc(OC)cc2C(=O)O)c1-c1nc(OC)c(C)s1. The number of nitrogens with zero attached hydrogens (tertiary/aromatic N) is 3. The van der Waals surface area contributed by atoms with Crippen LogP contribution in [0.15, 0.2) is 42.5 Å². The molecule has 2 aromatic carbocycles. The van der Waals surface area contributed by atoms with Gasteiger partial charge in [-0.15, -0.1) is 11.3 Å². The van der Waals surface area contributed by atoms with E-state index in [-0.39, 0.29) is 5.56 Å². The van der Waals surface area contributed by atoms with Crippen LogP contribution in [-0.4, -0.2) is 40.1 Å². The average molecular weight is 479 g/mol. The van der Waals surface area contributed by atoms with Crippen molar-refractivity contribution >= 4 is 28.8 Å². The molecule has 4 rings (SSSR count). The minimum absolute atomic E-state index is 0.0915. The maximum Gasteiger partial charge on any atom is 0.337 e. The van der Waals surface area contributed by atoms with Gasteiger partial charge in [0.25, 0.3) is 0 Å². The number of para-hydroxylation sites is 1. The Hall–Kier alpha value is -3.85. The Morgan fingerprint density at radius 3 is 2.53 bits per heavy atom. The zero-order valence-corrected chi connectivity index (χ0v) is 20.5. The Morgan fingerprint density at radius 2 is 1.91 bits per heavy atom. The smallest absolute Gasteiger partial charge is 0.337 e. The summed E-state index contributed by atoms with van der Waals surface area (Å²) in [7, 11) is 3.10. The Kier molecular flexibility index (Phi) is 6.56. The minimum Gasteiger partial charge on any atom is -0.497 e. The van der Waals surface area contributed by atoms with Gasteiger partial charge in [-0.2, -0.15) is 5.10 Å². The average Bonchev–Trinajstić information content (AvgIpc) is 3.38. The van der Waals surface area contributed by atoms with Crippen LogP contribution in [0.5, 0.6) is 11.6 Å². The molecule has 0 unspecified atom stereocenters. The van der Waals surface area contributed by atoms with Gasteiger partial charge in [0.15, 0.2) is 0 Å². The number of thiazole rings is 1. The number of carboxylic acids is 1. The number of nitrogens with one attached hydrogen (secondary N) is 1. The van der Waals surface area contributed by atoms with Gasteiger partial charge in [-0.1, -0.05) is 25.1 Å². The Labute approximate surface area is 201 Å². The molecule has 0 spiro atoms. The molecule has 2 heterocycles. The highest BCUT2D eigenvalue weighted by Gasteiger charge is 2.25. The number of carboxylic acid groups (broad SMARTS) is 1. The second kappa shape index (κ2) is 9.56. The summed E-state index contributed by atoms with van der Waals surface area (Å²) in [5, 5.41) is 18.9. The van der Waals surface area contributed by atoms with E-state index in [4.69, 9.17) is 19.6 Å². The molecule has 0 atom stereocenters. The summed E-state index contributed by atoms with van der Waals surface area (Å²) < 4.78 is 12.5. The van der Waals surface area contributed by atoms with E-state index in [0.29, 0.717) is 29.6 Å². The molecule has 4 aromatic rings. The molecule has 0 fully saturated rings. The predicted octanol–water partition coefficient (Wildman–Crippen LogP) is 5.63. The lowest BCUT2D eigenvalue weighted by atomic mass is 10.1. The maximum atomic E-state index is 12.0. The van der Waals surface area contributed by atoms with Gasteiger partial charge < -0.3 is 19.9 Å². The van der Waals surface area contributed by atoms with Crippen LogP contribution in [0.2, 0.25) is 0 Å². The number of ether oxygens (including phenoxy) is 2. The summed E-state index contributed by atoms with van der Waals surface area (Å²) in [6, 6.07) is 12.8.